The van der Waals surface area contributed by atoms with Crippen molar-refractivity contribution in [1.82, 2.24) is 10.2 Å². The molecule has 0 heterocycles. The highest BCUT2D eigenvalue weighted by molar-refractivity contribution is 14.0. The Bertz CT molecular complexity index is 727. The fraction of sp³-hybridized carbons (Fsp3) is 0.278. The van der Waals surface area contributed by atoms with E-state index in [4.69, 9.17) is 16.7 Å². The van der Waals surface area contributed by atoms with Gasteiger partial charge < -0.3 is 15.3 Å². The minimum absolute atomic E-state index is 0. The molecule has 4 nitrogen and oxygen atoms in total. The number of aliphatic hydroxyl groups is 1. The maximum atomic E-state index is 13.4. The van der Waals surface area contributed by atoms with E-state index in [0.717, 1.165) is 11.1 Å². The van der Waals surface area contributed by atoms with E-state index < -0.39 is 5.82 Å². The molecule has 2 aromatic rings. The Morgan fingerprint density at radius 3 is 2.64 bits per heavy atom. The number of aliphatic hydroxyl groups excluding tert-OH is 1. The van der Waals surface area contributed by atoms with Crippen molar-refractivity contribution in [3.8, 4) is 0 Å². The zero-order valence-electron chi connectivity index (χ0n) is 14.2. The van der Waals surface area contributed by atoms with Crippen LogP contribution < -0.4 is 5.32 Å². The van der Waals surface area contributed by atoms with E-state index in [1.807, 2.05) is 36.2 Å². The molecule has 0 atom stereocenters. The minimum Gasteiger partial charge on any atom is -0.392 e. The summed E-state index contributed by atoms with van der Waals surface area (Å²) in [6, 6.07) is 12.4. The Balaban J connectivity index is 0.00000312. The Morgan fingerprint density at radius 1 is 1.24 bits per heavy atom. The molecule has 0 amide bonds. The molecule has 0 unspecified atom stereocenters. The predicted octanol–water partition coefficient (Wildman–Crippen LogP) is 3.80. The lowest BCUT2D eigenvalue weighted by Gasteiger charge is -2.22. The lowest BCUT2D eigenvalue weighted by Crippen LogP contribution is -2.38. The van der Waals surface area contributed by atoms with Crippen LogP contribution in [0.15, 0.2) is 47.5 Å². The lowest BCUT2D eigenvalue weighted by molar-refractivity contribution is 0.275. The molecule has 0 aliphatic heterocycles. The quantitative estimate of drug-likeness (QED) is 0.391. The van der Waals surface area contributed by atoms with Gasteiger partial charge in [0.15, 0.2) is 5.96 Å². The Hall–Kier alpha value is -1.38. The van der Waals surface area contributed by atoms with E-state index in [1.165, 1.54) is 6.07 Å². The van der Waals surface area contributed by atoms with Crippen molar-refractivity contribution < 1.29 is 9.50 Å². The first kappa shape index (κ1) is 21.7. The van der Waals surface area contributed by atoms with Crippen molar-refractivity contribution in [3.05, 3.63) is 70.0 Å². The van der Waals surface area contributed by atoms with Gasteiger partial charge in [-0.15, -0.1) is 24.0 Å². The zero-order valence-corrected chi connectivity index (χ0v) is 17.3. The molecule has 0 aromatic heterocycles. The van der Waals surface area contributed by atoms with Crippen molar-refractivity contribution >= 4 is 41.5 Å². The third-order valence-electron chi connectivity index (χ3n) is 3.61. The molecule has 2 aromatic carbocycles. The van der Waals surface area contributed by atoms with Crippen LogP contribution in [-0.4, -0.2) is 30.1 Å². The number of nitrogens with one attached hydrogen (secondary N) is 1. The third-order valence-corrected chi connectivity index (χ3v) is 3.85. The van der Waals surface area contributed by atoms with Crippen LogP contribution in [0.3, 0.4) is 0 Å². The molecule has 7 heteroatoms. The summed E-state index contributed by atoms with van der Waals surface area (Å²) in [7, 11) is 3.64. The first-order valence-electron chi connectivity index (χ1n) is 7.58. The normalized spacial score (nSPS) is 11.0. The average molecular weight is 478 g/mol. The van der Waals surface area contributed by atoms with Gasteiger partial charge in [-0.2, -0.15) is 0 Å². The van der Waals surface area contributed by atoms with E-state index in [1.54, 1.807) is 19.2 Å². The summed E-state index contributed by atoms with van der Waals surface area (Å²) >= 11 is 6.01. The predicted molar refractivity (Wildman–Crippen MR) is 111 cm³/mol. The highest BCUT2D eigenvalue weighted by Gasteiger charge is 2.08. The number of benzene rings is 2. The van der Waals surface area contributed by atoms with E-state index in [0.29, 0.717) is 24.1 Å². The van der Waals surface area contributed by atoms with E-state index in [-0.39, 0.29) is 36.1 Å². The van der Waals surface area contributed by atoms with Crippen LogP contribution in [-0.2, 0) is 19.7 Å². The fourth-order valence-electron chi connectivity index (χ4n) is 2.41. The Kier molecular flexibility index (Phi) is 9.16. The number of aliphatic imine (C=N–C) groups is 1. The highest BCUT2D eigenvalue weighted by Crippen LogP contribution is 2.13. The SMILES string of the molecule is CN=C(NCc1ccc(F)c(CO)c1)N(C)Cc1cccc(Cl)c1.I. The first-order valence-corrected chi connectivity index (χ1v) is 7.95. The largest absolute Gasteiger partial charge is 0.392 e. The van der Waals surface area contributed by atoms with Gasteiger partial charge in [0.2, 0.25) is 0 Å². The van der Waals surface area contributed by atoms with Crippen LogP contribution in [0.25, 0.3) is 0 Å². The van der Waals surface area contributed by atoms with Gasteiger partial charge >= 0.3 is 0 Å². The van der Waals surface area contributed by atoms with Crippen LogP contribution >= 0.6 is 35.6 Å². The number of hydrogen-bond acceptors (Lipinski definition) is 2. The van der Waals surface area contributed by atoms with E-state index in [9.17, 15) is 4.39 Å². The molecule has 0 bridgehead atoms. The lowest BCUT2D eigenvalue weighted by atomic mass is 10.1. The maximum absolute atomic E-state index is 13.4. The van der Waals surface area contributed by atoms with Crippen molar-refractivity contribution in [2.45, 2.75) is 19.7 Å². The molecule has 0 radical (unpaired) electrons. The molecule has 136 valence electrons. The Labute approximate surface area is 169 Å². The summed E-state index contributed by atoms with van der Waals surface area (Å²) in [6.45, 7) is 0.828. The van der Waals surface area contributed by atoms with E-state index >= 15 is 0 Å². The van der Waals surface area contributed by atoms with Crippen molar-refractivity contribution in [1.29, 1.82) is 0 Å². The topological polar surface area (TPSA) is 47.9 Å². The fourth-order valence-corrected chi connectivity index (χ4v) is 2.62. The molecule has 0 saturated heterocycles. The minimum atomic E-state index is -0.399. The summed E-state index contributed by atoms with van der Waals surface area (Å²) in [5.74, 6) is 0.313. The van der Waals surface area contributed by atoms with Gasteiger partial charge in [0.05, 0.1) is 6.61 Å². The molecule has 0 saturated carbocycles. The molecular formula is C18H22ClFIN3O. The molecule has 0 aliphatic rings. The summed E-state index contributed by atoms with van der Waals surface area (Å²) in [5.41, 5.74) is 2.24. The van der Waals surface area contributed by atoms with Gasteiger partial charge in [-0.3, -0.25) is 4.99 Å². The monoisotopic (exact) mass is 477 g/mol. The Morgan fingerprint density at radius 2 is 2.00 bits per heavy atom. The molecule has 2 N–H and O–H groups in total. The number of guanidine groups is 1. The van der Waals surface area contributed by atoms with Crippen LogP contribution in [0.1, 0.15) is 16.7 Å². The van der Waals surface area contributed by atoms with Gasteiger partial charge in [-0.1, -0.05) is 29.8 Å². The molecule has 0 spiro atoms. The van der Waals surface area contributed by atoms with Crippen molar-refractivity contribution in [2.75, 3.05) is 14.1 Å². The highest BCUT2D eigenvalue weighted by atomic mass is 127. The van der Waals surface area contributed by atoms with E-state index in [2.05, 4.69) is 10.3 Å². The molecule has 25 heavy (non-hydrogen) atoms. The number of nitrogens with zero attached hydrogens (tertiary/aromatic N) is 2. The number of halogens is 3. The van der Waals surface area contributed by atoms with Gasteiger partial charge in [0, 0.05) is 37.8 Å². The van der Waals surface area contributed by atoms with Gasteiger partial charge in [0.1, 0.15) is 5.82 Å². The summed E-state index contributed by atoms with van der Waals surface area (Å²) in [6.07, 6.45) is 0. The van der Waals surface area contributed by atoms with Gasteiger partial charge in [-0.05, 0) is 35.4 Å². The van der Waals surface area contributed by atoms with Gasteiger partial charge in [-0.25, -0.2) is 4.39 Å². The second-order valence-electron chi connectivity index (χ2n) is 5.47. The molecule has 0 fully saturated rings. The van der Waals surface area contributed by atoms with Crippen molar-refractivity contribution in [3.63, 3.8) is 0 Å². The second-order valence-corrected chi connectivity index (χ2v) is 5.91. The van der Waals surface area contributed by atoms with Crippen LogP contribution in [0.2, 0.25) is 5.02 Å². The summed E-state index contributed by atoms with van der Waals surface area (Å²) in [4.78, 5) is 6.23. The number of rotatable bonds is 5. The standard InChI is InChI=1S/C18H21ClFN3O.HI/c1-21-18(23(2)11-14-4-3-5-16(19)9-14)22-10-13-6-7-17(20)15(8-13)12-24;/h3-9,24H,10-12H2,1-2H3,(H,21,22);1H. The van der Waals surface area contributed by atoms with Crippen LogP contribution in [0, 0.1) is 5.82 Å². The molecular weight excluding hydrogens is 456 g/mol. The zero-order chi connectivity index (χ0) is 17.5. The summed E-state index contributed by atoms with van der Waals surface area (Å²) in [5, 5.41) is 13.1. The second kappa shape index (κ2) is 10.6. The smallest absolute Gasteiger partial charge is 0.193 e. The van der Waals surface area contributed by atoms with Crippen LogP contribution in [0.5, 0.6) is 0 Å². The van der Waals surface area contributed by atoms with Crippen LogP contribution in [0.4, 0.5) is 4.39 Å². The molecule has 2 rings (SSSR count). The first-order chi connectivity index (χ1) is 11.5. The average Bonchev–Trinajstić information content (AvgIpc) is 2.56. The van der Waals surface area contributed by atoms with Crippen molar-refractivity contribution in [2.24, 2.45) is 4.99 Å². The number of hydrogen-bond donors (Lipinski definition) is 2. The summed E-state index contributed by atoms with van der Waals surface area (Å²) < 4.78 is 13.4. The maximum Gasteiger partial charge on any atom is 0.193 e. The molecule has 0 aliphatic carbocycles. The van der Waals surface area contributed by atoms with Gasteiger partial charge in [0.25, 0.3) is 0 Å². The third kappa shape index (κ3) is 6.45.